The first-order valence-corrected chi connectivity index (χ1v) is 7.01. The zero-order valence-corrected chi connectivity index (χ0v) is 13.2. The van der Waals surface area contributed by atoms with Crippen molar-refractivity contribution in [3.63, 3.8) is 0 Å². The minimum absolute atomic E-state index is 0.407. The number of para-hydroxylation sites is 2. The van der Waals surface area contributed by atoms with Crippen LogP contribution in [0.15, 0.2) is 53.6 Å². The fourth-order valence-electron chi connectivity index (χ4n) is 1.85. The Morgan fingerprint density at radius 2 is 1.82 bits per heavy atom. The molecule has 2 aromatic rings. The van der Waals surface area contributed by atoms with E-state index in [0.29, 0.717) is 16.6 Å². The predicted molar refractivity (Wildman–Crippen MR) is 92.9 cm³/mol. The number of rotatable bonds is 5. The zero-order valence-electron chi connectivity index (χ0n) is 12.4. The molecule has 0 saturated carbocycles. The van der Waals surface area contributed by atoms with E-state index in [-0.39, 0.29) is 0 Å². The number of nitrogens with one attached hydrogen (secondary N) is 2. The summed E-state index contributed by atoms with van der Waals surface area (Å²) in [4.78, 5) is 0. The fourth-order valence-corrected chi connectivity index (χ4v) is 2.03. The monoisotopic (exact) mass is 315 g/mol. The summed E-state index contributed by atoms with van der Waals surface area (Å²) >= 11 is 5.17. The maximum absolute atomic E-state index is 5.33. The average molecular weight is 315 g/mol. The van der Waals surface area contributed by atoms with Gasteiger partial charge in [0.25, 0.3) is 0 Å². The molecule has 2 rings (SSSR count). The van der Waals surface area contributed by atoms with Gasteiger partial charge >= 0.3 is 0 Å². The molecule has 0 bridgehead atoms. The molecule has 5 nitrogen and oxygen atoms in total. The van der Waals surface area contributed by atoms with Crippen molar-refractivity contribution in [1.82, 2.24) is 5.43 Å². The minimum Gasteiger partial charge on any atom is -0.493 e. The molecule has 0 aliphatic carbocycles. The lowest BCUT2D eigenvalue weighted by molar-refractivity contribution is 0.354. The summed E-state index contributed by atoms with van der Waals surface area (Å²) in [5.74, 6) is 1.27. The highest BCUT2D eigenvalue weighted by atomic mass is 32.1. The molecule has 0 radical (unpaired) electrons. The normalized spacial score (nSPS) is 10.3. The van der Waals surface area contributed by atoms with Crippen molar-refractivity contribution in [3.05, 3.63) is 54.1 Å². The lowest BCUT2D eigenvalue weighted by Crippen LogP contribution is -2.23. The number of nitrogens with zero attached hydrogens (tertiary/aromatic N) is 1. The van der Waals surface area contributed by atoms with Gasteiger partial charge in [0.1, 0.15) is 0 Å². The van der Waals surface area contributed by atoms with Gasteiger partial charge in [0.2, 0.25) is 0 Å². The molecule has 0 atom stereocenters. The second-order valence-corrected chi connectivity index (χ2v) is 4.68. The van der Waals surface area contributed by atoms with Crippen LogP contribution in [0, 0.1) is 0 Å². The Morgan fingerprint density at radius 3 is 2.50 bits per heavy atom. The van der Waals surface area contributed by atoms with Gasteiger partial charge in [-0.15, -0.1) is 0 Å². The van der Waals surface area contributed by atoms with Gasteiger partial charge in [0.15, 0.2) is 16.6 Å². The first-order valence-electron chi connectivity index (χ1n) is 6.60. The molecule has 0 heterocycles. The first kappa shape index (κ1) is 15.8. The molecule has 0 amide bonds. The van der Waals surface area contributed by atoms with Crippen molar-refractivity contribution in [1.29, 1.82) is 0 Å². The minimum atomic E-state index is 0.407. The highest BCUT2D eigenvalue weighted by Gasteiger charge is 2.07. The molecule has 0 aliphatic heterocycles. The van der Waals surface area contributed by atoms with E-state index in [1.54, 1.807) is 20.4 Å². The van der Waals surface area contributed by atoms with E-state index in [4.69, 9.17) is 21.7 Å². The maximum atomic E-state index is 5.33. The van der Waals surface area contributed by atoms with Crippen molar-refractivity contribution in [3.8, 4) is 11.5 Å². The van der Waals surface area contributed by atoms with E-state index in [1.807, 2.05) is 48.5 Å². The highest BCUT2D eigenvalue weighted by Crippen LogP contribution is 2.29. The van der Waals surface area contributed by atoms with Gasteiger partial charge in [-0.25, -0.2) is 0 Å². The van der Waals surface area contributed by atoms with Crippen molar-refractivity contribution in [2.24, 2.45) is 5.10 Å². The first-order chi connectivity index (χ1) is 10.7. The quantitative estimate of drug-likeness (QED) is 0.505. The third kappa shape index (κ3) is 4.20. The number of hydrogen-bond acceptors (Lipinski definition) is 4. The van der Waals surface area contributed by atoms with Gasteiger partial charge in [0, 0.05) is 11.3 Å². The summed E-state index contributed by atoms with van der Waals surface area (Å²) < 4.78 is 10.6. The van der Waals surface area contributed by atoms with Crippen LogP contribution in [0.3, 0.4) is 0 Å². The Balaban J connectivity index is 1.99. The Bertz CT molecular complexity index is 660. The molecule has 114 valence electrons. The summed E-state index contributed by atoms with van der Waals surface area (Å²) in [7, 11) is 3.18. The van der Waals surface area contributed by atoms with Crippen LogP contribution in [0.2, 0.25) is 0 Å². The van der Waals surface area contributed by atoms with E-state index in [2.05, 4.69) is 15.8 Å². The molecule has 22 heavy (non-hydrogen) atoms. The van der Waals surface area contributed by atoms with E-state index in [1.165, 1.54) is 0 Å². The van der Waals surface area contributed by atoms with E-state index < -0.39 is 0 Å². The largest absolute Gasteiger partial charge is 0.493 e. The summed E-state index contributed by atoms with van der Waals surface area (Å²) in [6.07, 6.45) is 1.63. The van der Waals surface area contributed by atoms with Crippen LogP contribution in [0.25, 0.3) is 0 Å². The molecule has 2 N–H and O–H groups in total. The maximum Gasteiger partial charge on any atom is 0.191 e. The average Bonchev–Trinajstić information content (AvgIpc) is 2.55. The summed E-state index contributed by atoms with van der Waals surface area (Å²) in [6.45, 7) is 0. The third-order valence-corrected chi connectivity index (χ3v) is 3.03. The van der Waals surface area contributed by atoms with Gasteiger partial charge < -0.3 is 14.8 Å². The zero-order chi connectivity index (χ0) is 15.8. The van der Waals surface area contributed by atoms with Crippen LogP contribution < -0.4 is 20.2 Å². The number of methoxy groups -OCH3 is 2. The van der Waals surface area contributed by atoms with E-state index >= 15 is 0 Å². The van der Waals surface area contributed by atoms with Gasteiger partial charge in [0.05, 0.1) is 20.4 Å². The summed E-state index contributed by atoms with van der Waals surface area (Å²) in [5, 5.41) is 7.54. The standard InChI is InChI=1S/C16H17N3O2S/c1-20-14-10-6-7-12(15(14)21-2)11-17-19-16(22)18-13-8-4-3-5-9-13/h3-11H,1-2H3,(H2,18,19,22). The summed E-state index contributed by atoms with van der Waals surface area (Å²) in [6, 6.07) is 15.2. The smallest absolute Gasteiger partial charge is 0.191 e. The number of thiocarbonyl (C=S) groups is 1. The second kappa shape index (κ2) is 7.99. The lowest BCUT2D eigenvalue weighted by atomic mass is 10.2. The molecule has 0 unspecified atom stereocenters. The van der Waals surface area contributed by atoms with Crippen molar-refractivity contribution in [2.45, 2.75) is 0 Å². The molecule has 0 aromatic heterocycles. The van der Waals surface area contributed by atoms with Gasteiger partial charge in [-0.05, 0) is 36.5 Å². The van der Waals surface area contributed by atoms with Crippen LogP contribution in [-0.4, -0.2) is 25.5 Å². The van der Waals surface area contributed by atoms with E-state index in [9.17, 15) is 0 Å². The summed E-state index contributed by atoms with van der Waals surface area (Å²) in [5.41, 5.74) is 4.45. The van der Waals surface area contributed by atoms with Crippen molar-refractivity contribution >= 4 is 29.2 Å². The Labute approximate surface area is 134 Å². The molecule has 0 aliphatic rings. The van der Waals surface area contributed by atoms with Crippen molar-refractivity contribution < 1.29 is 9.47 Å². The Kier molecular flexibility index (Phi) is 5.73. The van der Waals surface area contributed by atoms with Gasteiger partial charge in [-0.2, -0.15) is 5.10 Å². The number of hydrazone groups is 1. The molecule has 0 saturated heterocycles. The topological polar surface area (TPSA) is 54.9 Å². The Hall–Kier alpha value is -2.60. The molecular formula is C16H17N3O2S. The van der Waals surface area contributed by atoms with E-state index in [0.717, 1.165) is 11.3 Å². The number of benzene rings is 2. The lowest BCUT2D eigenvalue weighted by Gasteiger charge is -2.10. The third-order valence-electron chi connectivity index (χ3n) is 2.83. The highest BCUT2D eigenvalue weighted by molar-refractivity contribution is 7.80. The van der Waals surface area contributed by atoms with Crippen molar-refractivity contribution in [2.75, 3.05) is 19.5 Å². The SMILES string of the molecule is COc1cccc(C=NNC(=S)Nc2ccccc2)c1OC. The van der Waals surface area contributed by atoms with Gasteiger partial charge in [-0.3, -0.25) is 5.43 Å². The molecule has 2 aromatic carbocycles. The fraction of sp³-hybridized carbons (Fsp3) is 0.125. The van der Waals surface area contributed by atoms with Crippen LogP contribution in [0.4, 0.5) is 5.69 Å². The van der Waals surface area contributed by atoms with Gasteiger partial charge in [-0.1, -0.05) is 24.3 Å². The van der Waals surface area contributed by atoms with Crippen LogP contribution >= 0.6 is 12.2 Å². The van der Waals surface area contributed by atoms with Crippen LogP contribution in [0.5, 0.6) is 11.5 Å². The molecule has 6 heteroatoms. The molecule has 0 fully saturated rings. The number of ether oxygens (including phenoxy) is 2. The van der Waals surface area contributed by atoms with Crippen LogP contribution in [0.1, 0.15) is 5.56 Å². The Morgan fingerprint density at radius 1 is 1.05 bits per heavy atom. The predicted octanol–water partition coefficient (Wildman–Crippen LogP) is 3.02. The number of anilines is 1. The van der Waals surface area contributed by atoms with Crippen LogP contribution in [-0.2, 0) is 0 Å². The molecular weight excluding hydrogens is 298 g/mol. The molecule has 0 spiro atoms. The number of hydrogen-bond donors (Lipinski definition) is 2. The second-order valence-electron chi connectivity index (χ2n) is 4.27.